The van der Waals surface area contributed by atoms with Crippen molar-refractivity contribution in [3.8, 4) is 0 Å². The number of rotatable bonds is 4. The van der Waals surface area contributed by atoms with E-state index in [0.29, 0.717) is 12.6 Å². The van der Waals surface area contributed by atoms with Crippen molar-refractivity contribution in [2.45, 2.75) is 57.0 Å². The van der Waals surface area contributed by atoms with Crippen LogP contribution in [0.4, 0.5) is 0 Å². The average molecular weight is 336 g/mol. The lowest BCUT2D eigenvalue weighted by Gasteiger charge is -2.37. The van der Waals surface area contributed by atoms with Gasteiger partial charge in [0.25, 0.3) is 0 Å². The lowest BCUT2D eigenvalue weighted by Crippen LogP contribution is -2.55. The van der Waals surface area contributed by atoms with Crippen LogP contribution in [0.25, 0.3) is 0 Å². The molecule has 3 fully saturated rings. The van der Waals surface area contributed by atoms with Gasteiger partial charge in [-0.05, 0) is 32.2 Å². The molecule has 0 radical (unpaired) electrons. The number of hydrogen-bond donors (Lipinski definition) is 1. The Morgan fingerprint density at radius 1 is 1.00 bits per heavy atom. The zero-order valence-electron chi connectivity index (χ0n) is 15.0. The Bertz CT molecular complexity index is 436. The van der Waals surface area contributed by atoms with Crippen molar-refractivity contribution >= 4 is 11.8 Å². The molecule has 2 heterocycles. The van der Waals surface area contributed by atoms with Crippen LogP contribution in [0.5, 0.6) is 0 Å². The second-order valence-electron chi connectivity index (χ2n) is 7.55. The molecule has 1 saturated carbocycles. The Morgan fingerprint density at radius 2 is 1.71 bits per heavy atom. The highest BCUT2D eigenvalue weighted by Crippen LogP contribution is 2.21. The van der Waals surface area contributed by atoms with Crippen LogP contribution in [0, 0.1) is 0 Å². The molecule has 2 saturated heterocycles. The van der Waals surface area contributed by atoms with Crippen molar-refractivity contribution in [2.24, 2.45) is 0 Å². The fraction of sp³-hybridized carbons (Fsp3) is 0.889. The molecule has 0 aromatic heterocycles. The van der Waals surface area contributed by atoms with Crippen LogP contribution >= 0.6 is 0 Å². The lowest BCUT2D eigenvalue weighted by molar-refractivity contribution is -0.136. The minimum absolute atomic E-state index is 0.0237. The van der Waals surface area contributed by atoms with E-state index in [1.165, 1.54) is 19.3 Å². The third-order valence-corrected chi connectivity index (χ3v) is 5.92. The molecule has 3 aliphatic rings. The van der Waals surface area contributed by atoms with Crippen LogP contribution < -0.4 is 5.32 Å². The second kappa shape index (κ2) is 8.30. The highest BCUT2D eigenvalue weighted by atomic mass is 16.2. The number of nitrogens with one attached hydrogen (secondary N) is 1. The summed E-state index contributed by atoms with van der Waals surface area (Å²) in [6.45, 7) is 4.56. The minimum atomic E-state index is 0.0237. The van der Waals surface area contributed by atoms with E-state index in [2.05, 4.69) is 10.2 Å². The van der Waals surface area contributed by atoms with Crippen LogP contribution in [0.2, 0.25) is 0 Å². The molecule has 24 heavy (non-hydrogen) atoms. The standard InChI is InChI=1S/C18H32N4O2/c1-20(15-6-3-2-4-7-15)17(23)14-21-10-12-22(13-11-21)18(24)16-8-5-9-19-16/h15-16,19H,2-14H2,1H3/t16-/m0/s1. The van der Waals surface area contributed by atoms with Gasteiger partial charge in [0.05, 0.1) is 12.6 Å². The Morgan fingerprint density at radius 3 is 2.33 bits per heavy atom. The summed E-state index contributed by atoms with van der Waals surface area (Å²) in [5.74, 6) is 0.483. The van der Waals surface area contributed by atoms with Crippen LogP contribution in [0.15, 0.2) is 0 Å². The summed E-state index contributed by atoms with van der Waals surface area (Å²) in [6, 6.07) is 0.457. The summed E-state index contributed by atoms with van der Waals surface area (Å²) in [4.78, 5) is 31.1. The predicted octanol–water partition coefficient (Wildman–Crippen LogP) is 0.674. The first-order valence-corrected chi connectivity index (χ1v) is 9.65. The number of carbonyl (C=O) groups is 2. The molecule has 0 aromatic carbocycles. The molecule has 6 heteroatoms. The highest BCUT2D eigenvalue weighted by Gasteiger charge is 2.30. The number of hydrogen-bond acceptors (Lipinski definition) is 4. The zero-order chi connectivity index (χ0) is 16.9. The molecule has 6 nitrogen and oxygen atoms in total. The SMILES string of the molecule is CN(C(=O)CN1CCN(C(=O)[C@@H]2CCCN2)CC1)C1CCCCC1. The Hall–Kier alpha value is -1.14. The van der Waals surface area contributed by atoms with Gasteiger partial charge < -0.3 is 15.1 Å². The first-order chi connectivity index (χ1) is 11.6. The normalized spacial score (nSPS) is 26.5. The van der Waals surface area contributed by atoms with Gasteiger partial charge in [-0.3, -0.25) is 14.5 Å². The summed E-state index contributed by atoms with van der Waals surface area (Å²) in [6.07, 6.45) is 8.17. The molecular weight excluding hydrogens is 304 g/mol. The molecule has 1 aliphatic carbocycles. The van der Waals surface area contributed by atoms with E-state index in [0.717, 1.165) is 58.4 Å². The van der Waals surface area contributed by atoms with E-state index >= 15 is 0 Å². The van der Waals surface area contributed by atoms with Gasteiger partial charge in [0, 0.05) is 39.3 Å². The smallest absolute Gasteiger partial charge is 0.239 e. The van der Waals surface area contributed by atoms with E-state index in [4.69, 9.17) is 0 Å². The summed E-state index contributed by atoms with van der Waals surface area (Å²) in [5, 5.41) is 3.28. The van der Waals surface area contributed by atoms with Crippen molar-refractivity contribution in [1.29, 1.82) is 0 Å². The highest BCUT2D eigenvalue weighted by molar-refractivity contribution is 5.82. The van der Waals surface area contributed by atoms with Crippen molar-refractivity contribution in [3.63, 3.8) is 0 Å². The maximum Gasteiger partial charge on any atom is 0.239 e. The van der Waals surface area contributed by atoms with Gasteiger partial charge in [-0.1, -0.05) is 19.3 Å². The largest absolute Gasteiger partial charge is 0.342 e. The molecule has 3 rings (SSSR count). The van der Waals surface area contributed by atoms with Crippen LogP contribution in [-0.4, -0.2) is 84.9 Å². The molecule has 0 bridgehead atoms. The predicted molar refractivity (Wildman–Crippen MR) is 93.7 cm³/mol. The molecular formula is C18H32N4O2. The maximum absolute atomic E-state index is 12.5. The van der Waals surface area contributed by atoms with E-state index < -0.39 is 0 Å². The quantitative estimate of drug-likeness (QED) is 0.820. The van der Waals surface area contributed by atoms with Crippen LogP contribution in [0.1, 0.15) is 44.9 Å². The van der Waals surface area contributed by atoms with Crippen LogP contribution in [0.3, 0.4) is 0 Å². The molecule has 2 amide bonds. The van der Waals surface area contributed by atoms with Gasteiger partial charge in [-0.25, -0.2) is 0 Å². The van der Waals surface area contributed by atoms with Gasteiger partial charge in [-0.15, -0.1) is 0 Å². The number of carbonyl (C=O) groups excluding carboxylic acids is 2. The third-order valence-electron chi connectivity index (χ3n) is 5.92. The molecule has 2 aliphatic heterocycles. The first kappa shape index (κ1) is 17.7. The minimum Gasteiger partial charge on any atom is -0.342 e. The number of piperazine rings is 1. The van der Waals surface area contributed by atoms with Crippen molar-refractivity contribution in [1.82, 2.24) is 20.0 Å². The Balaban J connectivity index is 1.41. The molecule has 1 N–H and O–H groups in total. The monoisotopic (exact) mass is 336 g/mol. The van der Waals surface area contributed by atoms with E-state index in [1.807, 2.05) is 16.8 Å². The Labute approximate surface area is 145 Å². The molecule has 0 spiro atoms. The van der Waals surface area contributed by atoms with Gasteiger partial charge in [0.1, 0.15) is 0 Å². The van der Waals surface area contributed by atoms with E-state index in [-0.39, 0.29) is 17.9 Å². The fourth-order valence-electron chi connectivity index (χ4n) is 4.22. The lowest BCUT2D eigenvalue weighted by atomic mass is 9.94. The molecule has 136 valence electrons. The average Bonchev–Trinajstić information content (AvgIpc) is 3.16. The first-order valence-electron chi connectivity index (χ1n) is 9.65. The molecule has 0 unspecified atom stereocenters. The summed E-state index contributed by atoms with van der Waals surface area (Å²) >= 11 is 0. The maximum atomic E-state index is 12.5. The van der Waals surface area contributed by atoms with E-state index in [9.17, 15) is 9.59 Å². The third kappa shape index (κ3) is 4.28. The number of amides is 2. The number of likely N-dealkylation sites (N-methyl/N-ethyl adjacent to an activating group) is 1. The van der Waals surface area contributed by atoms with E-state index in [1.54, 1.807) is 0 Å². The Kier molecular flexibility index (Phi) is 6.11. The topological polar surface area (TPSA) is 55.9 Å². The van der Waals surface area contributed by atoms with Gasteiger partial charge in [-0.2, -0.15) is 0 Å². The summed E-state index contributed by atoms with van der Waals surface area (Å²) < 4.78 is 0. The molecule has 1 atom stereocenters. The van der Waals surface area contributed by atoms with Crippen molar-refractivity contribution in [2.75, 3.05) is 46.3 Å². The fourth-order valence-corrected chi connectivity index (χ4v) is 4.22. The van der Waals surface area contributed by atoms with Gasteiger partial charge in [0.15, 0.2) is 0 Å². The number of nitrogens with zero attached hydrogens (tertiary/aromatic N) is 3. The van der Waals surface area contributed by atoms with Crippen molar-refractivity contribution in [3.05, 3.63) is 0 Å². The summed E-state index contributed by atoms with van der Waals surface area (Å²) in [5.41, 5.74) is 0. The van der Waals surface area contributed by atoms with Gasteiger partial charge >= 0.3 is 0 Å². The van der Waals surface area contributed by atoms with Crippen molar-refractivity contribution < 1.29 is 9.59 Å². The zero-order valence-corrected chi connectivity index (χ0v) is 15.0. The van der Waals surface area contributed by atoms with Crippen LogP contribution in [-0.2, 0) is 9.59 Å². The molecule has 0 aromatic rings. The van der Waals surface area contributed by atoms with Gasteiger partial charge in [0.2, 0.25) is 11.8 Å². The second-order valence-corrected chi connectivity index (χ2v) is 7.55. The summed E-state index contributed by atoms with van der Waals surface area (Å²) in [7, 11) is 1.96.